The normalized spacial score (nSPS) is 11.0. The van der Waals surface area contributed by atoms with E-state index in [2.05, 4.69) is 0 Å². The van der Waals surface area contributed by atoms with Crippen LogP contribution in [0.1, 0.15) is 32.7 Å². The molecular weight excluding hydrogens is 396 g/mol. The van der Waals surface area contributed by atoms with Crippen molar-refractivity contribution >= 4 is 16.7 Å². The Labute approximate surface area is 188 Å². The molecule has 4 heteroatoms. The minimum atomic E-state index is -0.174. The molecule has 32 heavy (non-hydrogen) atoms. The number of benzene rings is 3. The molecule has 162 valence electrons. The predicted octanol–water partition coefficient (Wildman–Crippen LogP) is 5.40. The fourth-order valence-corrected chi connectivity index (χ4v) is 4.26. The number of hydrogen-bond donors (Lipinski definition) is 0. The zero-order valence-corrected chi connectivity index (χ0v) is 19.3. The highest BCUT2D eigenvalue weighted by Crippen LogP contribution is 2.34. The summed E-state index contributed by atoms with van der Waals surface area (Å²) in [6, 6.07) is 21.9. The lowest BCUT2D eigenvalue weighted by molar-refractivity contribution is 0.0775. The topological polar surface area (TPSA) is 42.3 Å². The van der Waals surface area contributed by atoms with Crippen molar-refractivity contribution in [1.82, 2.24) is 9.47 Å². The van der Waals surface area contributed by atoms with E-state index in [0.29, 0.717) is 17.6 Å². The fraction of sp³-hybridized carbons (Fsp3) is 0.214. The molecule has 0 unspecified atom stereocenters. The van der Waals surface area contributed by atoms with E-state index in [1.807, 2.05) is 87.5 Å². The standard InChI is InChI=1S/C28H28N2O2/c1-18-11-9-10-14-22(18)25-23-15-19(2)20(3)16-24(23)27(31)30(5)26(25)28(32)29(4)17-21-12-7-6-8-13-21/h6-16H,17H2,1-5H3. The summed E-state index contributed by atoms with van der Waals surface area (Å²) >= 11 is 0. The fourth-order valence-electron chi connectivity index (χ4n) is 4.26. The molecule has 4 aromatic rings. The average Bonchev–Trinajstić information content (AvgIpc) is 2.78. The summed E-state index contributed by atoms with van der Waals surface area (Å²) in [5.74, 6) is -0.174. The lowest BCUT2D eigenvalue weighted by Gasteiger charge is -2.23. The van der Waals surface area contributed by atoms with Crippen molar-refractivity contribution in [1.29, 1.82) is 0 Å². The molecule has 4 rings (SSSR count). The monoisotopic (exact) mass is 424 g/mol. The van der Waals surface area contributed by atoms with Crippen molar-refractivity contribution in [2.24, 2.45) is 7.05 Å². The van der Waals surface area contributed by atoms with Gasteiger partial charge in [0.25, 0.3) is 11.5 Å². The number of carbonyl (C=O) groups excluding carboxylic acids is 1. The minimum absolute atomic E-state index is 0.156. The van der Waals surface area contributed by atoms with E-state index in [0.717, 1.165) is 38.8 Å². The van der Waals surface area contributed by atoms with Crippen molar-refractivity contribution < 1.29 is 4.79 Å². The predicted molar refractivity (Wildman–Crippen MR) is 131 cm³/mol. The molecule has 0 fully saturated rings. The molecule has 0 aliphatic carbocycles. The molecule has 0 radical (unpaired) electrons. The first-order valence-electron chi connectivity index (χ1n) is 10.8. The number of amides is 1. The number of fused-ring (bicyclic) bond motifs is 1. The van der Waals surface area contributed by atoms with Crippen molar-refractivity contribution in [3.63, 3.8) is 0 Å². The van der Waals surface area contributed by atoms with Gasteiger partial charge in [0.15, 0.2) is 0 Å². The Bertz CT molecular complexity index is 1380. The van der Waals surface area contributed by atoms with Crippen LogP contribution in [0.4, 0.5) is 0 Å². The molecule has 0 aliphatic rings. The maximum atomic E-state index is 13.8. The van der Waals surface area contributed by atoms with Crippen LogP contribution >= 0.6 is 0 Å². The van der Waals surface area contributed by atoms with Crippen LogP contribution < -0.4 is 5.56 Å². The molecule has 0 N–H and O–H groups in total. The molecule has 1 heterocycles. The molecule has 0 aliphatic heterocycles. The van der Waals surface area contributed by atoms with Crippen molar-refractivity contribution in [2.75, 3.05) is 7.05 Å². The van der Waals surface area contributed by atoms with Gasteiger partial charge in [-0.1, -0.05) is 60.7 Å². The third kappa shape index (κ3) is 3.73. The van der Waals surface area contributed by atoms with Gasteiger partial charge in [0.2, 0.25) is 0 Å². The van der Waals surface area contributed by atoms with Gasteiger partial charge in [-0.05, 0) is 60.0 Å². The maximum Gasteiger partial charge on any atom is 0.271 e. The molecule has 0 saturated carbocycles. The van der Waals surface area contributed by atoms with Crippen LogP contribution in [0.3, 0.4) is 0 Å². The lowest BCUT2D eigenvalue weighted by Crippen LogP contribution is -2.33. The van der Waals surface area contributed by atoms with E-state index in [-0.39, 0.29) is 11.5 Å². The molecular formula is C28H28N2O2. The Morgan fingerprint density at radius 1 is 0.844 bits per heavy atom. The van der Waals surface area contributed by atoms with Gasteiger partial charge in [0.05, 0.1) is 0 Å². The van der Waals surface area contributed by atoms with Gasteiger partial charge in [0, 0.05) is 31.6 Å². The Morgan fingerprint density at radius 2 is 1.44 bits per heavy atom. The number of pyridine rings is 1. The van der Waals surface area contributed by atoms with Gasteiger partial charge in [-0.3, -0.25) is 9.59 Å². The van der Waals surface area contributed by atoms with E-state index in [1.165, 1.54) is 4.57 Å². The summed E-state index contributed by atoms with van der Waals surface area (Å²) in [4.78, 5) is 28.8. The third-order valence-electron chi connectivity index (χ3n) is 6.24. The number of aryl methyl sites for hydroxylation is 3. The SMILES string of the molecule is Cc1cc2c(-c3ccccc3C)c(C(=O)N(C)Cc3ccccc3)n(C)c(=O)c2cc1C. The lowest BCUT2D eigenvalue weighted by atomic mass is 9.91. The summed E-state index contributed by atoms with van der Waals surface area (Å²) in [6.07, 6.45) is 0. The Morgan fingerprint density at radius 3 is 2.09 bits per heavy atom. The summed E-state index contributed by atoms with van der Waals surface area (Å²) in [5, 5.41) is 1.46. The van der Waals surface area contributed by atoms with Crippen molar-refractivity contribution in [3.05, 3.63) is 105 Å². The van der Waals surface area contributed by atoms with Crippen LogP contribution in [-0.4, -0.2) is 22.4 Å². The summed E-state index contributed by atoms with van der Waals surface area (Å²) in [5.41, 5.74) is 6.29. The molecule has 0 bridgehead atoms. The molecule has 0 atom stereocenters. The van der Waals surface area contributed by atoms with Crippen LogP contribution in [0.5, 0.6) is 0 Å². The van der Waals surface area contributed by atoms with Gasteiger partial charge in [-0.25, -0.2) is 0 Å². The summed E-state index contributed by atoms with van der Waals surface area (Å²) in [7, 11) is 3.48. The summed E-state index contributed by atoms with van der Waals surface area (Å²) in [6.45, 7) is 6.55. The molecule has 1 amide bonds. The van der Waals surface area contributed by atoms with Gasteiger partial charge < -0.3 is 9.47 Å². The number of hydrogen-bond acceptors (Lipinski definition) is 2. The molecule has 4 nitrogen and oxygen atoms in total. The largest absolute Gasteiger partial charge is 0.336 e. The smallest absolute Gasteiger partial charge is 0.271 e. The Hall–Kier alpha value is -3.66. The van der Waals surface area contributed by atoms with Crippen molar-refractivity contribution in [3.8, 4) is 11.1 Å². The van der Waals surface area contributed by atoms with Crippen LogP contribution in [0.25, 0.3) is 21.9 Å². The van der Waals surface area contributed by atoms with Crippen molar-refractivity contribution in [2.45, 2.75) is 27.3 Å². The van der Waals surface area contributed by atoms with E-state index >= 15 is 0 Å². The molecule has 1 aromatic heterocycles. The first-order valence-corrected chi connectivity index (χ1v) is 10.8. The second kappa shape index (κ2) is 8.46. The highest BCUT2D eigenvalue weighted by atomic mass is 16.2. The second-order valence-corrected chi connectivity index (χ2v) is 8.53. The van der Waals surface area contributed by atoms with E-state index in [1.54, 1.807) is 19.0 Å². The number of aromatic nitrogens is 1. The zero-order chi connectivity index (χ0) is 23.0. The third-order valence-corrected chi connectivity index (χ3v) is 6.24. The first kappa shape index (κ1) is 21.6. The molecule has 0 spiro atoms. The van der Waals surface area contributed by atoms with Crippen LogP contribution in [0, 0.1) is 20.8 Å². The number of carbonyl (C=O) groups is 1. The Kier molecular flexibility index (Phi) is 5.70. The van der Waals surface area contributed by atoms with Gasteiger partial charge in [-0.2, -0.15) is 0 Å². The van der Waals surface area contributed by atoms with Gasteiger partial charge in [-0.15, -0.1) is 0 Å². The molecule has 3 aromatic carbocycles. The zero-order valence-electron chi connectivity index (χ0n) is 19.3. The second-order valence-electron chi connectivity index (χ2n) is 8.53. The van der Waals surface area contributed by atoms with E-state index in [9.17, 15) is 9.59 Å². The maximum absolute atomic E-state index is 13.8. The quantitative estimate of drug-likeness (QED) is 0.440. The van der Waals surface area contributed by atoms with Crippen LogP contribution in [0.15, 0.2) is 71.5 Å². The van der Waals surface area contributed by atoms with Gasteiger partial charge >= 0.3 is 0 Å². The number of nitrogens with zero attached hydrogens (tertiary/aromatic N) is 2. The van der Waals surface area contributed by atoms with Crippen LogP contribution in [-0.2, 0) is 13.6 Å². The highest BCUT2D eigenvalue weighted by Gasteiger charge is 2.25. The highest BCUT2D eigenvalue weighted by molar-refractivity contribution is 6.09. The average molecular weight is 425 g/mol. The minimum Gasteiger partial charge on any atom is -0.336 e. The summed E-state index contributed by atoms with van der Waals surface area (Å²) < 4.78 is 1.52. The number of rotatable bonds is 4. The van der Waals surface area contributed by atoms with Gasteiger partial charge in [0.1, 0.15) is 5.69 Å². The van der Waals surface area contributed by atoms with E-state index < -0.39 is 0 Å². The van der Waals surface area contributed by atoms with E-state index in [4.69, 9.17) is 0 Å². The molecule has 0 saturated heterocycles. The first-order chi connectivity index (χ1) is 15.3. The Balaban J connectivity index is 2.01. The van der Waals surface area contributed by atoms with Crippen LogP contribution in [0.2, 0.25) is 0 Å².